The van der Waals surface area contributed by atoms with Crippen LogP contribution in [-0.2, 0) is 4.74 Å². The van der Waals surface area contributed by atoms with Crippen LogP contribution in [0.1, 0.15) is 18.4 Å². The highest BCUT2D eigenvalue weighted by Crippen LogP contribution is 2.31. The second-order valence-electron chi connectivity index (χ2n) is 3.71. The lowest BCUT2D eigenvalue weighted by molar-refractivity contribution is 0.150. The Morgan fingerprint density at radius 1 is 1.33 bits per heavy atom. The van der Waals surface area contributed by atoms with Crippen LogP contribution in [0.5, 0.6) is 0 Å². The van der Waals surface area contributed by atoms with Gasteiger partial charge in [-0.1, -0.05) is 36.7 Å². The van der Waals surface area contributed by atoms with Crippen molar-refractivity contribution in [1.29, 1.82) is 0 Å². The van der Waals surface area contributed by atoms with Crippen LogP contribution >= 0.6 is 23.2 Å². The highest BCUT2D eigenvalue weighted by molar-refractivity contribution is 6.31. The molecule has 2 atom stereocenters. The third-order valence-electron chi connectivity index (χ3n) is 2.59. The fourth-order valence-corrected chi connectivity index (χ4v) is 2.44. The van der Waals surface area contributed by atoms with Gasteiger partial charge in [0.15, 0.2) is 0 Å². The molecule has 0 aliphatic heterocycles. The van der Waals surface area contributed by atoms with Crippen molar-refractivity contribution in [3.05, 3.63) is 34.9 Å². The second-order valence-corrected chi connectivity index (χ2v) is 4.43. The predicted octanol–water partition coefficient (Wildman–Crippen LogP) is 3.94. The Kier molecular flexibility index (Phi) is 5.44. The van der Waals surface area contributed by atoms with Gasteiger partial charge in [0.25, 0.3) is 0 Å². The Labute approximate surface area is 101 Å². The predicted molar refractivity (Wildman–Crippen MR) is 66.0 cm³/mol. The van der Waals surface area contributed by atoms with E-state index in [-0.39, 0.29) is 5.92 Å². The molecule has 0 N–H and O–H groups in total. The molecule has 15 heavy (non-hydrogen) atoms. The van der Waals surface area contributed by atoms with Gasteiger partial charge < -0.3 is 4.74 Å². The lowest BCUT2D eigenvalue weighted by Gasteiger charge is -2.22. The molecular weight excluding hydrogens is 231 g/mol. The standard InChI is InChI=1S/C12H16Cl2O/c1-9(8-15-2)11(7-13)10-5-3-4-6-12(10)14/h3-6,9,11H,7-8H2,1-2H3. The molecule has 0 bridgehead atoms. The molecule has 1 aromatic carbocycles. The maximum absolute atomic E-state index is 6.14. The van der Waals surface area contributed by atoms with Gasteiger partial charge in [-0.3, -0.25) is 0 Å². The molecule has 0 saturated heterocycles. The van der Waals surface area contributed by atoms with E-state index in [1.54, 1.807) is 7.11 Å². The van der Waals surface area contributed by atoms with Gasteiger partial charge in [0, 0.05) is 30.5 Å². The number of alkyl halides is 1. The molecule has 0 aliphatic rings. The Morgan fingerprint density at radius 3 is 2.53 bits per heavy atom. The minimum Gasteiger partial charge on any atom is -0.384 e. The number of ether oxygens (including phenoxy) is 1. The summed E-state index contributed by atoms with van der Waals surface area (Å²) in [7, 11) is 1.70. The van der Waals surface area contributed by atoms with Gasteiger partial charge in [-0.2, -0.15) is 0 Å². The van der Waals surface area contributed by atoms with Crippen molar-refractivity contribution in [3.63, 3.8) is 0 Å². The molecule has 0 fully saturated rings. The number of hydrogen-bond acceptors (Lipinski definition) is 1. The fourth-order valence-electron chi connectivity index (χ4n) is 1.70. The SMILES string of the molecule is COCC(C)C(CCl)c1ccccc1Cl. The van der Waals surface area contributed by atoms with Crippen molar-refractivity contribution in [2.45, 2.75) is 12.8 Å². The summed E-state index contributed by atoms with van der Waals surface area (Å²) in [5, 5.41) is 0.783. The summed E-state index contributed by atoms with van der Waals surface area (Å²) < 4.78 is 5.15. The van der Waals surface area contributed by atoms with Gasteiger partial charge in [-0.15, -0.1) is 11.6 Å². The van der Waals surface area contributed by atoms with E-state index in [9.17, 15) is 0 Å². The first kappa shape index (κ1) is 12.8. The summed E-state index contributed by atoms with van der Waals surface area (Å²) in [6.07, 6.45) is 0. The summed E-state index contributed by atoms with van der Waals surface area (Å²) in [4.78, 5) is 0. The van der Waals surface area contributed by atoms with Crippen LogP contribution < -0.4 is 0 Å². The number of methoxy groups -OCH3 is 1. The molecule has 0 aromatic heterocycles. The van der Waals surface area contributed by atoms with Crippen LogP contribution in [0, 0.1) is 5.92 Å². The summed E-state index contributed by atoms with van der Waals surface area (Å²) in [6, 6.07) is 7.84. The maximum Gasteiger partial charge on any atom is 0.0494 e. The second kappa shape index (κ2) is 6.37. The first-order chi connectivity index (χ1) is 7.20. The van der Waals surface area contributed by atoms with Crippen molar-refractivity contribution in [3.8, 4) is 0 Å². The van der Waals surface area contributed by atoms with Crippen molar-refractivity contribution in [2.24, 2.45) is 5.92 Å². The zero-order valence-corrected chi connectivity index (χ0v) is 10.6. The van der Waals surface area contributed by atoms with Crippen LogP contribution in [0.4, 0.5) is 0 Å². The smallest absolute Gasteiger partial charge is 0.0494 e. The molecular formula is C12H16Cl2O. The molecule has 1 nitrogen and oxygen atoms in total. The highest BCUT2D eigenvalue weighted by atomic mass is 35.5. The first-order valence-corrected chi connectivity index (χ1v) is 5.91. The van der Waals surface area contributed by atoms with Gasteiger partial charge in [-0.05, 0) is 17.5 Å². The summed E-state index contributed by atoms with van der Waals surface area (Å²) >= 11 is 12.1. The lowest BCUT2D eigenvalue weighted by atomic mass is 9.89. The zero-order valence-electron chi connectivity index (χ0n) is 9.04. The number of halogens is 2. The van der Waals surface area contributed by atoms with Crippen molar-refractivity contribution in [1.82, 2.24) is 0 Å². The molecule has 1 aromatic rings. The third-order valence-corrected chi connectivity index (χ3v) is 3.26. The summed E-state index contributed by atoms with van der Waals surface area (Å²) in [5.74, 6) is 1.18. The average molecular weight is 247 g/mol. The lowest BCUT2D eigenvalue weighted by Crippen LogP contribution is -2.16. The van der Waals surface area contributed by atoms with Crippen LogP contribution in [0.2, 0.25) is 5.02 Å². The van der Waals surface area contributed by atoms with E-state index in [1.807, 2.05) is 24.3 Å². The number of rotatable bonds is 5. The maximum atomic E-state index is 6.14. The van der Waals surface area contributed by atoms with Crippen molar-refractivity contribution >= 4 is 23.2 Å². The van der Waals surface area contributed by atoms with Gasteiger partial charge >= 0.3 is 0 Å². The van der Waals surface area contributed by atoms with E-state index in [1.165, 1.54) is 0 Å². The van der Waals surface area contributed by atoms with E-state index < -0.39 is 0 Å². The molecule has 0 aliphatic carbocycles. The van der Waals surface area contributed by atoms with Crippen LogP contribution in [-0.4, -0.2) is 19.6 Å². The van der Waals surface area contributed by atoms with Gasteiger partial charge in [-0.25, -0.2) is 0 Å². The fraction of sp³-hybridized carbons (Fsp3) is 0.500. The van der Waals surface area contributed by atoms with E-state index >= 15 is 0 Å². The monoisotopic (exact) mass is 246 g/mol. The van der Waals surface area contributed by atoms with Crippen molar-refractivity contribution < 1.29 is 4.74 Å². The molecule has 2 unspecified atom stereocenters. The molecule has 3 heteroatoms. The molecule has 0 radical (unpaired) electrons. The molecule has 0 heterocycles. The van der Waals surface area contributed by atoms with Crippen LogP contribution in [0.3, 0.4) is 0 Å². The Hall–Kier alpha value is -0.240. The minimum absolute atomic E-state index is 0.250. The van der Waals surface area contributed by atoms with E-state index in [0.29, 0.717) is 18.4 Å². The largest absolute Gasteiger partial charge is 0.384 e. The third kappa shape index (κ3) is 3.37. The first-order valence-electron chi connectivity index (χ1n) is 5.00. The van der Waals surface area contributed by atoms with Crippen LogP contribution in [0.15, 0.2) is 24.3 Å². The topological polar surface area (TPSA) is 9.23 Å². The van der Waals surface area contributed by atoms with E-state index in [4.69, 9.17) is 27.9 Å². The number of benzene rings is 1. The Balaban J connectivity index is 2.87. The van der Waals surface area contributed by atoms with E-state index in [0.717, 1.165) is 10.6 Å². The molecule has 0 amide bonds. The van der Waals surface area contributed by atoms with Crippen molar-refractivity contribution in [2.75, 3.05) is 19.6 Å². The van der Waals surface area contributed by atoms with Gasteiger partial charge in [0.2, 0.25) is 0 Å². The van der Waals surface area contributed by atoms with Crippen LogP contribution in [0.25, 0.3) is 0 Å². The number of hydrogen-bond donors (Lipinski definition) is 0. The summed E-state index contributed by atoms with van der Waals surface area (Å²) in [5.41, 5.74) is 1.11. The summed E-state index contributed by atoms with van der Waals surface area (Å²) in [6.45, 7) is 2.82. The minimum atomic E-state index is 0.250. The highest BCUT2D eigenvalue weighted by Gasteiger charge is 2.20. The Bertz CT molecular complexity index is 301. The molecule has 84 valence electrons. The van der Waals surface area contributed by atoms with Gasteiger partial charge in [0.05, 0.1) is 0 Å². The normalized spacial score (nSPS) is 14.9. The molecule has 1 rings (SSSR count). The Morgan fingerprint density at radius 2 is 2.00 bits per heavy atom. The quantitative estimate of drug-likeness (QED) is 0.716. The molecule has 0 spiro atoms. The zero-order chi connectivity index (χ0) is 11.3. The van der Waals surface area contributed by atoms with Gasteiger partial charge in [0.1, 0.15) is 0 Å². The average Bonchev–Trinajstić information content (AvgIpc) is 2.22. The molecule has 0 saturated carbocycles. The van der Waals surface area contributed by atoms with E-state index in [2.05, 4.69) is 6.92 Å².